The number of ketones is 1. The maximum atomic E-state index is 11.3. The van der Waals surface area contributed by atoms with Crippen molar-refractivity contribution >= 4 is 17.8 Å². The third-order valence-corrected chi connectivity index (χ3v) is 2.00. The Balaban J connectivity index is 2.25. The largest absolute Gasteiger partial charge is 0.481 e. The molecular weight excluding hydrogens is 238 g/mol. The normalized spacial score (nSPS) is 9.56. The van der Waals surface area contributed by atoms with E-state index in [2.05, 4.69) is 5.32 Å². The van der Waals surface area contributed by atoms with E-state index in [-0.39, 0.29) is 25.2 Å². The molecule has 0 heterocycles. The SMILES string of the molecule is O=C(O)CCC(=O)CNC(=O)Oc1ccccc1. The number of amides is 1. The van der Waals surface area contributed by atoms with Gasteiger partial charge in [-0.25, -0.2) is 4.79 Å². The predicted octanol–water partition coefficient (Wildman–Crippen LogP) is 1.21. The third-order valence-electron chi connectivity index (χ3n) is 2.00. The summed E-state index contributed by atoms with van der Waals surface area (Å²) < 4.78 is 4.87. The van der Waals surface area contributed by atoms with Crippen LogP contribution in [-0.2, 0) is 9.59 Å². The lowest BCUT2D eigenvalue weighted by Crippen LogP contribution is -2.32. The lowest BCUT2D eigenvalue weighted by atomic mass is 10.2. The van der Waals surface area contributed by atoms with Crippen molar-refractivity contribution in [1.29, 1.82) is 0 Å². The molecule has 1 aromatic carbocycles. The number of para-hydroxylation sites is 1. The molecule has 18 heavy (non-hydrogen) atoms. The van der Waals surface area contributed by atoms with Gasteiger partial charge in [-0.2, -0.15) is 0 Å². The highest BCUT2D eigenvalue weighted by Crippen LogP contribution is 2.07. The van der Waals surface area contributed by atoms with E-state index in [0.717, 1.165) is 0 Å². The molecule has 0 unspecified atom stereocenters. The molecule has 0 spiro atoms. The van der Waals surface area contributed by atoms with E-state index in [4.69, 9.17) is 9.84 Å². The van der Waals surface area contributed by atoms with Crippen LogP contribution in [0.1, 0.15) is 12.8 Å². The molecule has 0 atom stereocenters. The molecule has 0 aliphatic heterocycles. The molecule has 0 aromatic heterocycles. The number of hydrogen-bond acceptors (Lipinski definition) is 4. The minimum atomic E-state index is -1.05. The summed E-state index contributed by atoms with van der Waals surface area (Å²) in [5, 5.41) is 10.6. The maximum absolute atomic E-state index is 11.3. The highest BCUT2D eigenvalue weighted by Gasteiger charge is 2.08. The number of ether oxygens (including phenoxy) is 1. The van der Waals surface area contributed by atoms with Gasteiger partial charge < -0.3 is 15.2 Å². The summed E-state index contributed by atoms with van der Waals surface area (Å²) in [4.78, 5) is 32.6. The van der Waals surface area contributed by atoms with Crippen LogP contribution in [0.4, 0.5) is 4.79 Å². The quantitative estimate of drug-likeness (QED) is 0.792. The molecule has 6 nitrogen and oxygen atoms in total. The average Bonchev–Trinajstić information content (AvgIpc) is 2.35. The fourth-order valence-electron chi connectivity index (χ4n) is 1.14. The molecule has 96 valence electrons. The van der Waals surface area contributed by atoms with Crippen LogP contribution in [0.3, 0.4) is 0 Å². The van der Waals surface area contributed by atoms with Gasteiger partial charge in [-0.3, -0.25) is 9.59 Å². The minimum absolute atomic E-state index is 0.110. The second-order valence-corrected chi connectivity index (χ2v) is 3.49. The smallest absolute Gasteiger partial charge is 0.412 e. The van der Waals surface area contributed by atoms with Gasteiger partial charge in [0.2, 0.25) is 0 Å². The first-order valence-electron chi connectivity index (χ1n) is 5.32. The van der Waals surface area contributed by atoms with E-state index < -0.39 is 12.1 Å². The number of carbonyl (C=O) groups excluding carboxylic acids is 2. The molecule has 0 saturated heterocycles. The Morgan fingerprint density at radius 2 is 1.78 bits per heavy atom. The van der Waals surface area contributed by atoms with Crippen LogP contribution in [0.15, 0.2) is 30.3 Å². The summed E-state index contributed by atoms with van der Waals surface area (Å²) in [5.74, 6) is -1.04. The number of hydrogen-bond donors (Lipinski definition) is 2. The molecule has 6 heteroatoms. The number of rotatable bonds is 6. The molecule has 1 rings (SSSR count). The van der Waals surface area contributed by atoms with Crippen LogP contribution >= 0.6 is 0 Å². The van der Waals surface area contributed by atoms with Crippen LogP contribution in [0.5, 0.6) is 5.75 Å². The zero-order valence-electron chi connectivity index (χ0n) is 9.59. The molecule has 0 saturated carbocycles. The molecular formula is C12H13NO5. The van der Waals surface area contributed by atoms with E-state index >= 15 is 0 Å². The standard InChI is InChI=1S/C12H13NO5/c14-9(6-7-11(15)16)8-13-12(17)18-10-4-2-1-3-5-10/h1-5H,6-8H2,(H,13,17)(H,15,16). The summed E-state index contributed by atoms with van der Waals surface area (Å²) in [7, 11) is 0. The first kappa shape index (κ1) is 13.7. The number of aliphatic carboxylic acids is 1. The highest BCUT2D eigenvalue weighted by molar-refractivity contribution is 5.86. The second kappa shape index (κ2) is 7.05. The van der Waals surface area contributed by atoms with Crippen LogP contribution < -0.4 is 10.1 Å². The minimum Gasteiger partial charge on any atom is -0.481 e. The van der Waals surface area contributed by atoms with Crippen LogP contribution in [0.25, 0.3) is 0 Å². The van der Waals surface area contributed by atoms with Crippen molar-refractivity contribution < 1.29 is 24.2 Å². The van der Waals surface area contributed by atoms with Crippen molar-refractivity contribution in [3.05, 3.63) is 30.3 Å². The first-order chi connectivity index (χ1) is 8.58. The van der Waals surface area contributed by atoms with Crippen LogP contribution in [-0.4, -0.2) is 29.5 Å². The summed E-state index contributed by atoms with van der Waals surface area (Å²) in [5.41, 5.74) is 0. The summed E-state index contributed by atoms with van der Waals surface area (Å²) in [6, 6.07) is 8.40. The lowest BCUT2D eigenvalue weighted by molar-refractivity contribution is -0.138. The second-order valence-electron chi connectivity index (χ2n) is 3.49. The summed E-state index contributed by atoms with van der Waals surface area (Å²) in [6.45, 7) is -0.237. The lowest BCUT2D eigenvalue weighted by Gasteiger charge is -2.05. The van der Waals surface area contributed by atoms with E-state index in [0.29, 0.717) is 5.75 Å². The number of benzene rings is 1. The van der Waals surface area contributed by atoms with Gasteiger partial charge in [0, 0.05) is 6.42 Å². The van der Waals surface area contributed by atoms with E-state index in [1.165, 1.54) is 0 Å². The van der Waals surface area contributed by atoms with Crippen molar-refractivity contribution in [2.45, 2.75) is 12.8 Å². The maximum Gasteiger partial charge on any atom is 0.412 e. The van der Waals surface area contributed by atoms with Gasteiger partial charge in [-0.1, -0.05) is 18.2 Å². The number of carboxylic acids is 1. The molecule has 0 bridgehead atoms. The van der Waals surface area contributed by atoms with E-state index in [9.17, 15) is 14.4 Å². The third kappa shape index (κ3) is 5.64. The monoisotopic (exact) mass is 251 g/mol. The van der Waals surface area contributed by atoms with Gasteiger partial charge in [0.15, 0.2) is 5.78 Å². The van der Waals surface area contributed by atoms with Crippen LogP contribution in [0.2, 0.25) is 0 Å². The van der Waals surface area contributed by atoms with Crippen molar-refractivity contribution in [1.82, 2.24) is 5.32 Å². The van der Waals surface area contributed by atoms with Gasteiger partial charge in [0.05, 0.1) is 13.0 Å². The van der Waals surface area contributed by atoms with E-state index in [1.54, 1.807) is 30.3 Å². The van der Waals surface area contributed by atoms with Crippen molar-refractivity contribution in [3.8, 4) is 5.75 Å². The zero-order valence-corrected chi connectivity index (χ0v) is 9.59. The Morgan fingerprint density at radius 1 is 1.11 bits per heavy atom. The summed E-state index contributed by atoms with van der Waals surface area (Å²) in [6.07, 6.45) is -1.10. The van der Waals surface area contributed by atoms with Crippen molar-refractivity contribution in [3.63, 3.8) is 0 Å². The topological polar surface area (TPSA) is 92.7 Å². The molecule has 0 fully saturated rings. The Kier molecular flexibility index (Phi) is 5.37. The molecule has 2 N–H and O–H groups in total. The zero-order chi connectivity index (χ0) is 13.4. The number of carbonyl (C=O) groups is 3. The fraction of sp³-hybridized carbons (Fsp3) is 0.250. The molecule has 0 radical (unpaired) electrons. The Morgan fingerprint density at radius 3 is 2.39 bits per heavy atom. The van der Waals surface area contributed by atoms with Gasteiger partial charge in [0.1, 0.15) is 5.75 Å². The fourth-order valence-corrected chi connectivity index (χ4v) is 1.14. The van der Waals surface area contributed by atoms with Gasteiger partial charge in [-0.05, 0) is 12.1 Å². The molecule has 1 aromatic rings. The van der Waals surface area contributed by atoms with Crippen molar-refractivity contribution in [2.24, 2.45) is 0 Å². The predicted molar refractivity (Wildman–Crippen MR) is 62.3 cm³/mol. The van der Waals surface area contributed by atoms with Crippen LogP contribution in [0, 0.1) is 0 Å². The van der Waals surface area contributed by atoms with Gasteiger partial charge >= 0.3 is 12.1 Å². The Bertz CT molecular complexity index is 429. The Labute approximate surface area is 104 Å². The summed E-state index contributed by atoms with van der Waals surface area (Å²) >= 11 is 0. The number of carboxylic acid groups (broad SMARTS) is 1. The molecule has 0 aliphatic carbocycles. The molecule has 1 amide bonds. The van der Waals surface area contributed by atoms with Gasteiger partial charge in [0.25, 0.3) is 0 Å². The first-order valence-corrected chi connectivity index (χ1v) is 5.32. The van der Waals surface area contributed by atoms with Gasteiger partial charge in [-0.15, -0.1) is 0 Å². The number of Topliss-reactive ketones (excluding diaryl/α,β-unsaturated/α-hetero) is 1. The molecule has 0 aliphatic rings. The highest BCUT2D eigenvalue weighted by atomic mass is 16.6. The Hall–Kier alpha value is -2.37. The van der Waals surface area contributed by atoms with E-state index in [1.807, 2.05) is 0 Å². The van der Waals surface area contributed by atoms with Crippen molar-refractivity contribution in [2.75, 3.05) is 6.54 Å². The average molecular weight is 251 g/mol. The number of nitrogens with one attached hydrogen (secondary N) is 1.